The zero-order valence-corrected chi connectivity index (χ0v) is 9.13. The van der Waals surface area contributed by atoms with Crippen LogP contribution in [0, 0.1) is 0 Å². The lowest BCUT2D eigenvalue weighted by molar-refractivity contribution is -0.129. The van der Waals surface area contributed by atoms with Crippen molar-refractivity contribution < 1.29 is 19.4 Å². The molecule has 0 unspecified atom stereocenters. The van der Waals surface area contributed by atoms with Gasteiger partial charge in [0.25, 0.3) is 0 Å². The first kappa shape index (κ1) is 11.5. The van der Waals surface area contributed by atoms with Gasteiger partial charge in [0.05, 0.1) is 14.2 Å². The van der Waals surface area contributed by atoms with Gasteiger partial charge in [-0.3, -0.25) is 0 Å². The normalized spacial score (nSPS) is 9.47. The van der Waals surface area contributed by atoms with E-state index in [0.29, 0.717) is 17.1 Å². The minimum Gasteiger partial charge on any atom is -0.493 e. The van der Waals surface area contributed by atoms with Gasteiger partial charge >= 0.3 is 5.97 Å². The van der Waals surface area contributed by atoms with Crippen molar-refractivity contribution in [2.45, 2.75) is 0 Å². The predicted molar refractivity (Wildman–Crippen MR) is 58.9 cm³/mol. The second kappa shape index (κ2) is 4.75. The lowest BCUT2D eigenvalue weighted by atomic mass is 10.1. The number of carboxylic acid groups (broad SMARTS) is 1. The van der Waals surface area contributed by atoms with Gasteiger partial charge in [-0.1, -0.05) is 18.3 Å². The van der Waals surface area contributed by atoms with E-state index < -0.39 is 5.97 Å². The molecule has 0 radical (unpaired) electrons. The van der Waals surface area contributed by atoms with Crippen molar-refractivity contribution >= 4 is 23.1 Å². The fraction of sp³-hybridized carbons (Fsp3) is 0.200. The van der Waals surface area contributed by atoms with Gasteiger partial charge in [0.2, 0.25) is 0 Å². The Kier molecular flexibility index (Phi) is 3.62. The van der Waals surface area contributed by atoms with Gasteiger partial charge in [0.15, 0.2) is 11.5 Å². The average Bonchev–Trinajstić information content (AvgIpc) is 2.26. The maximum absolute atomic E-state index is 10.7. The van der Waals surface area contributed by atoms with Crippen LogP contribution in [0.1, 0.15) is 5.56 Å². The number of hydrogen-bond acceptors (Lipinski definition) is 4. The summed E-state index contributed by atoms with van der Waals surface area (Å²) in [4.78, 5) is 10.5. The zero-order valence-electron chi connectivity index (χ0n) is 8.31. The number of ether oxygens (including phenoxy) is 2. The van der Waals surface area contributed by atoms with Crippen LogP contribution in [0.2, 0.25) is 0 Å². The van der Waals surface area contributed by atoms with Crippen LogP contribution in [0.4, 0.5) is 0 Å². The minimum absolute atomic E-state index is 0.189. The summed E-state index contributed by atoms with van der Waals surface area (Å²) in [6.45, 7) is 0. The fourth-order valence-electron chi connectivity index (χ4n) is 1.18. The van der Waals surface area contributed by atoms with Crippen molar-refractivity contribution in [3.63, 3.8) is 0 Å². The van der Waals surface area contributed by atoms with Crippen molar-refractivity contribution in [2.24, 2.45) is 0 Å². The molecular weight excluding hydrogens is 216 g/mol. The molecule has 0 amide bonds. The molecular formula is C10H10O4S. The van der Waals surface area contributed by atoms with Gasteiger partial charge in [0.1, 0.15) is 4.86 Å². The summed E-state index contributed by atoms with van der Waals surface area (Å²) in [6.07, 6.45) is 0. The number of carboxylic acids is 1. The van der Waals surface area contributed by atoms with Gasteiger partial charge in [-0.25, -0.2) is 4.79 Å². The van der Waals surface area contributed by atoms with E-state index in [9.17, 15) is 4.79 Å². The van der Waals surface area contributed by atoms with Crippen LogP contribution in [0.5, 0.6) is 11.5 Å². The van der Waals surface area contributed by atoms with Crippen molar-refractivity contribution in [1.82, 2.24) is 0 Å². The van der Waals surface area contributed by atoms with E-state index in [0.717, 1.165) is 0 Å². The highest BCUT2D eigenvalue weighted by atomic mass is 32.1. The number of benzene rings is 1. The van der Waals surface area contributed by atoms with Crippen LogP contribution in [-0.4, -0.2) is 30.2 Å². The molecule has 5 heteroatoms. The second-order valence-corrected chi connectivity index (χ2v) is 3.08. The van der Waals surface area contributed by atoms with Crippen LogP contribution in [0.3, 0.4) is 0 Å². The molecule has 0 fully saturated rings. The fourth-order valence-corrected chi connectivity index (χ4v) is 1.34. The first-order valence-electron chi connectivity index (χ1n) is 4.10. The van der Waals surface area contributed by atoms with E-state index >= 15 is 0 Å². The first-order chi connectivity index (χ1) is 7.11. The molecule has 1 aromatic rings. The SMILES string of the molecule is COc1cccc(C(=S)C(=O)O)c1OC. The molecule has 0 aromatic heterocycles. The highest BCUT2D eigenvalue weighted by Crippen LogP contribution is 2.31. The third-order valence-corrected chi connectivity index (χ3v) is 2.24. The van der Waals surface area contributed by atoms with Crippen LogP contribution < -0.4 is 9.47 Å². The summed E-state index contributed by atoms with van der Waals surface area (Å²) in [5.41, 5.74) is 0.347. The highest BCUT2D eigenvalue weighted by Gasteiger charge is 2.17. The largest absolute Gasteiger partial charge is 0.493 e. The number of methoxy groups -OCH3 is 2. The molecule has 0 heterocycles. The number of hydrogen-bond donors (Lipinski definition) is 1. The molecule has 0 aliphatic carbocycles. The highest BCUT2D eigenvalue weighted by molar-refractivity contribution is 7.82. The molecule has 80 valence electrons. The Morgan fingerprint density at radius 3 is 2.47 bits per heavy atom. The summed E-state index contributed by atoms with van der Waals surface area (Å²) in [5, 5.41) is 8.78. The number of para-hydroxylation sites is 1. The van der Waals surface area contributed by atoms with E-state index in [-0.39, 0.29) is 4.86 Å². The van der Waals surface area contributed by atoms with Crippen molar-refractivity contribution in [1.29, 1.82) is 0 Å². The standard InChI is InChI=1S/C10H10O4S/c1-13-7-5-3-4-6(8(7)14-2)9(15)10(11)12/h3-5H,1-2H3,(H,11,12). The van der Waals surface area contributed by atoms with E-state index in [1.54, 1.807) is 18.2 Å². The molecule has 15 heavy (non-hydrogen) atoms. The van der Waals surface area contributed by atoms with Gasteiger partial charge in [-0.05, 0) is 12.1 Å². The Labute approximate surface area is 92.4 Å². The van der Waals surface area contributed by atoms with Gasteiger partial charge in [-0.15, -0.1) is 0 Å². The maximum atomic E-state index is 10.7. The molecule has 0 aliphatic heterocycles. The molecule has 0 aliphatic rings. The molecule has 0 atom stereocenters. The van der Waals surface area contributed by atoms with Gasteiger partial charge in [-0.2, -0.15) is 0 Å². The summed E-state index contributed by atoms with van der Waals surface area (Å²) in [6, 6.07) is 4.91. The quantitative estimate of drug-likeness (QED) is 0.623. The predicted octanol–water partition coefficient (Wildman–Crippen LogP) is 1.51. The lowest BCUT2D eigenvalue weighted by Crippen LogP contribution is -2.12. The summed E-state index contributed by atoms with van der Waals surface area (Å²) in [7, 11) is 2.91. The Bertz CT molecular complexity index is 400. The summed E-state index contributed by atoms with van der Waals surface area (Å²) < 4.78 is 10.1. The van der Waals surface area contributed by atoms with Gasteiger partial charge < -0.3 is 14.6 Å². The zero-order chi connectivity index (χ0) is 11.4. The first-order valence-corrected chi connectivity index (χ1v) is 4.51. The number of rotatable bonds is 4. The van der Waals surface area contributed by atoms with Crippen LogP contribution in [0.25, 0.3) is 0 Å². The second-order valence-electron chi connectivity index (χ2n) is 2.68. The number of carbonyl (C=O) groups is 1. The molecule has 1 N–H and O–H groups in total. The smallest absolute Gasteiger partial charge is 0.347 e. The monoisotopic (exact) mass is 226 g/mol. The average molecular weight is 226 g/mol. The number of thiocarbonyl (C=S) groups is 1. The third-order valence-electron chi connectivity index (χ3n) is 1.84. The van der Waals surface area contributed by atoms with Crippen molar-refractivity contribution in [3.05, 3.63) is 23.8 Å². The van der Waals surface area contributed by atoms with Crippen molar-refractivity contribution in [2.75, 3.05) is 14.2 Å². The van der Waals surface area contributed by atoms with E-state index in [2.05, 4.69) is 0 Å². The third kappa shape index (κ3) is 2.24. The maximum Gasteiger partial charge on any atom is 0.347 e. The Morgan fingerprint density at radius 1 is 1.33 bits per heavy atom. The van der Waals surface area contributed by atoms with Crippen molar-refractivity contribution in [3.8, 4) is 11.5 Å². The van der Waals surface area contributed by atoms with E-state index in [4.69, 9.17) is 26.8 Å². The molecule has 4 nitrogen and oxygen atoms in total. The minimum atomic E-state index is -1.16. The lowest BCUT2D eigenvalue weighted by Gasteiger charge is -2.11. The molecule has 0 spiro atoms. The molecule has 1 rings (SSSR count). The Hall–Kier alpha value is -1.62. The molecule has 1 aromatic carbocycles. The van der Waals surface area contributed by atoms with Crippen LogP contribution in [-0.2, 0) is 4.79 Å². The van der Waals surface area contributed by atoms with E-state index in [1.165, 1.54) is 14.2 Å². The van der Waals surface area contributed by atoms with Crippen LogP contribution >= 0.6 is 12.2 Å². The Balaban J connectivity index is 3.29. The molecule has 0 bridgehead atoms. The topological polar surface area (TPSA) is 55.8 Å². The van der Waals surface area contributed by atoms with Crippen LogP contribution in [0.15, 0.2) is 18.2 Å². The van der Waals surface area contributed by atoms with E-state index in [1.807, 2.05) is 0 Å². The Morgan fingerprint density at radius 2 is 2.00 bits per heavy atom. The molecule has 0 saturated carbocycles. The summed E-state index contributed by atoms with van der Waals surface area (Å²) >= 11 is 4.77. The summed E-state index contributed by atoms with van der Waals surface area (Å²) in [5.74, 6) is -0.359. The molecule has 0 saturated heterocycles. The number of aliphatic carboxylic acids is 1. The van der Waals surface area contributed by atoms with Gasteiger partial charge in [0, 0.05) is 5.56 Å².